The summed E-state index contributed by atoms with van der Waals surface area (Å²) in [5.41, 5.74) is 0.981. The summed E-state index contributed by atoms with van der Waals surface area (Å²) in [4.78, 5) is 11.0. The average molecular weight is 286 g/mol. The molecular formula is C12H16BrNO2. The number of halogens is 1. The smallest absolute Gasteiger partial charge is 0.337 e. The number of carboxylic acid groups (broad SMARTS) is 1. The maximum absolute atomic E-state index is 11.0. The maximum atomic E-state index is 11.0. The molecule has 88 valence electrons. The molecule has 0 aliphatic rings. The van der Waals surface area contributed by atoms with Crippen LogP contribution in [0.15, 0.2) is 22.7 Å². The monoisotopic (exact) mass is 285 g/mol. The van der Waals surface area contributed by atoms with Gasteiger partial charge in [0.05, 0.1) is 5.56 Å². The first-order valence-electron chi connectivity index (χ1n) is 5.27. The zero-order valence-electron chi connectivity index (χ0n) is 9.46. The zero-order valence-corrected chi connectivity index (χ0v) is 11.0. The molecule has 1 aromatic carbocycles. The highest BCUT2D eigenvalue weighted by Crippen LogP contribution is 2.21. The fraction of sp³-hybridized carbons (Fsp3) is 0.417. The molecule has 0 heterocycles. The fourth-order valence-electron chi connectivity index (χ4n) is 1.34. The molecule has 16 heavy (non-hydrogen) atoms. The topological polar surface area (TPSA) is 49.3 Å². The molecule has 0 unspecified atom stereocenters. The number of aromatic carboxylic acids is 1. The summed E-state index contributed by atoms with van der Waals surface area (Å²) < 4.78 is 0.777. The number of nitrogens with one attached hydrogen (secondary N) is 1. The van der Waals surface area contributed by atoms with Gasteiger partial charge < -0.3 is 10.4 Å². The van der Waals surface area contributed by atoms with Crippen molar-refractivity contribution < 1.29 is 9.90 Å². The molecule has 0 fully saturated rings. The summed E-state index contributed by atoms with van der Waals surface area (Å²) in [5, 5.41) is 12.2. The van der Waals surface area contributed by atoms with E-state index in [9.17, 15) is 4.79 Å². The van der Waals surface area contributed by atoms with Crippen molar-refractivity contribution in [2.75, 3.05) is 11.9 Å². The molecule has 4 heteroatoms. The Labute approximate surface area is 104 Å². The second kappa shape index (κ2) is 5.89. The van der Waals surface area contributed by atoms with Crippen molar-refractivity contribution in [3.8, 4) is 0 Å². The zero-order chi connectivity index (χ0) is 12.1. The van der Waals surface area contributed by atoms with Gasteiger partial charge in [-0.3, -0.25) is 0 Å². The second-order valence-corrected chi connectivity index (χ2v) is 5.02. The van der Waals surface area contributed by atoms with E-state index in [-0.39, 0.29) is 0 Å². The van der Waals surface area contributed by atoms with Gasteiger partial charge in [-0.1, -0.05) is 29.8 Å². The Hall–Kier alpha value is -1.03. The lowest BCUT2D eigenvalue weighted by molar-refractivity contribution is 0.0698. The number of hydrogen-bond acceptors (Lipinski definition) is 2. The SMILES string of the molecule is CC(C)CCNc1ccc(Br)cc1C(=O)O. The number of benzene rings is 1. The highest BCUT2D eigenvalue weighted by Gasteiger charge is 2.10. The molecule has 3 nitrogen and oxygen atoms in total. The van der Waals surface area contributed by atoms with E-state index >= 15 is 0 Å². The van der Waals surface area contributed by atoms with E-state index in [0.29, 0.717) is 17.2 Å². The summed E-state index contributed by atoms with van der Waals surface area (Å²) in [6.07, 6.45) is 1.02. The number of hydrogen-bond donors (Lipinski definition) is 2. The van der Waals surface area contributed by atoms with Crippen LogP contribution in [0.3, 0.4) is 0 Å². The molecule has 0 saturated carbocycles. The van der Waals surface area contributed by atoms with E-state index < -0.39 is 5.97 Å². The Kier molecular flexibility index (Phi) is 4.80. The van der Waals surface area contributed by atoms with Crippen molar-refractivity contribution in [3.63, 3.8) is 0 Å². The van der Waals surface area contributed by atoms with Crippen molar-refractivity contribution in [1.29, 1.82) is 0 Å². The molecule has 2 N–H and O–H groups in total. The van der Waals surface area contributed by atoms with Gasteiger partial charge in [0.2, 0.25) is 0 Å². The fourth-order valence-corrected chi connectivity index (χ4v) is 1.70. The van der Waals surface area contributed by atoms with Gasteiger partial charge in [0.1, 0.15) is 0 Å². The predicted molar refractivity (Wildman–Crippen MR) is 69.0 cm³/mol. The first-order chi connectivity index (χ1) is 7.50. The molecule has 0 aliphatic heterocycles. The van der Waals surface area contributed by atoms with Crippen LogP contribution in [-0.2, 0) is 0 Å². The Balaban J connectivity index is 2.75. The summed E-state index contributed by atoms with van der Waals surface area (Å²) in [5.74, 6) is -0.301. The molecule has 0 spiro atoms. The molecule has 0 atom stereocenters. The van der Waals surface area contributed by atoms with Crippen LogP contribution in [0.5, 0.6) is 0 Å². The van der Waals surface area contributed by atoms with Gasteiger partial charge in [-0.05, 0) is 30.5 Å². The third kappa shape index (κ3) is 3.85. The largest absolute Gasteiger partial charge is 0.478 e. The van der Waals surface area contributed by atoms with Crippen LogP contribution in [0.1, 0.15) is 30.6 Å². The summed E-state index contributed by atoms with van der Waals surface area (Å²) in [6.45, 7) is 5.07. The number of carbonyl (C=O) groups is 1. The van der Waals surface area contributed by atoms with Gasteiger partial charge >= 0.3 is 5.97 Å². The van der Waals surface area contributed by atoms with E-state index in [1.165, 1.54) is 0 Å². The van der Waals surface area contributed by atoms with Crippen LogP contribution < -0.4 is 5.32 Å². The molecule has 0 bridgehead atoms. The van der Waals surface area contributed by atoms with Crippen molar-refractivity contribution in [2.45, 2.75) is 20.3 Å². The molecule has 1 aromatic rings. The first-order valence-corrected chi connectivity index (χ1v) is 6.06. The van der Waals surface area contributed by atoms with Crippen LogP contribution in [0.2, 0.25) is 0 Å². The summed E-state index contributed by atoms with van der Waals surface area (Å²) >= 11 is 3.26. The second-order valence-electron chi connectivity index (χ2n) is 4.10. The summed E-state index contributed by atoms with van der Waals surface area (Å²) in [6, 6.07) is 5.23. The molecular weight excluding hydrogens is 270 g/mol. The molecule has 0 saturated heterocycles. The minimum Gasteiger partial charge on any atom is -0.478 e. The molecule has 0 aromatic heterocycles. The highest BCUT2D eigenvalue weighted by atomic mass is 79.9. The van der Waals surface area contributed by atoms with Crippen LogP contribution in [0.25, 0.3) is 0 Å². The normalized spacial score (nSPS) is 10.5. The van der Waals surface area contributed by atoms with E-state index in [1.807, 2.05) is 6.07 Å². The van der Waals surface area contributed by atoms with E-state index in [2.05, 4.69) is 35.1 Å². The number of rotatable bonds is 5. The average Bonchev–Trinajstić information content (AvgIpc) is 2.19. The Bertz CT molecular complexity index is 377. The van der Waals surface area contributed by atoms with E-state index in [0.717, 1.165) is 17.4 Å². The van der Waals surface area contributed by atoms with Crippen molar-refractivity contribution in [3.05, 3.63) is 28.2 Å². The Morgan fingerprint density at radius 2 is 2.19 bits per heavy atom. The highest BCUT2D eigenvalue weighted by molar-refractivity contribution is 9.10. The molecule has 0 amide bonds. The lowest BCUT2D eigenvalue weighted by atomic mass is 10.1. The quantitative estimate of drug-likeness (QED) is 0.869. The van der Waals surface area contributed by atoms with Gasteiger partial charge in [-0.15, -0.1) is 0 Å². The Morgan fingerprint density at radius 1 is 1.50 bits per heavy atom. The van der Waals surface area contributed by atoms with Crippen LogP contribution in [0, 0.1) is 5.92 Å². The molecule has 0 radical (unpaired) electrons. The standard InChI is InChI=1S/C12H16BrNO2/c1-8(2)5-6-14-11-4-3-9(13)7-10(11)12(15)16/h3-4,7-8,14H,5-6H2,1-2H3,(H,15,16). The summed E-state index contributed by atoms with van der Waals surface area (Å²) in [7, 11) is 0. The van der Waals surface area contributed by atoms with Gasteiger partial charge in [-0.2, -0.15) is 0 Å². The van der Waals surface area contributed by atoms with E-state index in [4.69, 9.17) is 5.11 Å². The molecule has 1 rings (SSSR count). The third-order valence-electron chi connectivity index (χ3n) is 2.25. The number of carboxylic acids is 1. The van der Waals surface area contributed by atoms with Crippen molar-refractivity contribution in [2.24, 2.45) is 5.92 Å². The maximum Gasteiger partial charge on any atom is 0.337 e. The first kappa shape index (κ1) is 13.0. The van der Waals surface area contributed by atoms with Gasteiger partial charge in [0.15, 0.2) is 0 Å². The van der Waals surface area contributed by atoms with Crippen LogP contribution in [0.4, 0.5) is 5.69 Å². The minimum atomic E-state index is -0.909. The van der Waals surface area contributed by atoms with Crippen molar-refractivity contribution in [1.82, 2.24) is 0 Å². The Morgan fingerprint density at radius 3 is 2.75 bits per heavy atom. The van der Waals surface area contributed by atoms with Gasteiger partial charge in [0, 0.05) is 16.7 Å². The van der Waals surface area contributed by atoms with Crippen LogP contribution >= 0.6 is 15.9 Å². The third-order valence-corrected chi connectivity index (χ3v) is 2.74. The number of anilines is 1. The lowest BCUT2D eigenvalue weighted by Gasteiger charge is -2.11. The predicted octanol–water partition coefficient (Wildman–Crippen LogP) is 3.61. The lowest BCUT2D eigenvalue weighted by Crippen LogP contribution is -2.09. The van der Waals surface area contributed by atoms with Crippen LogP contribution in [-0.4, -0.2) is 17.6 Å². The molecule has 0 aliphatic carbocycles. The van der Waals surface area contributed by atoms with E-state index in [1.54, 1.807) is 12.1 Å². The van der Waals surface area contributed by atoms with Crippen molar-refractivity contribution >= 4 is 27.6 Å². The van der Waals surface area contributed by atoms with Gasteiger partial charge in [0.25, 0.3) is 0 Å². The van der Waals surface area contributed by atoms with Gasteiger partial charge in [-0.25, -0.2) is 4.79 Å². The minimum absolute atomic E-state index is 0.304.